The highest BCUT2D eigenvalue weighted by molar-refractivity contribution is 7.98. The summed E-state index contributed by atoms with van der Waals surface area (Å²) in [7, 11) is 0. The van der Waals surface area contributed by atoms with Crippen LogP contribution in [0.5, 0.6) is 0 Å². The Labute approximate surface area is 196 Å². The van der Waals surface area contributed by atoms with Gasteiger partial charge in [-0.1, -0.05) is 60.3 Å². The number of aromatic nitrogens is 2. The van der Waals surface area contributed by atoms with E-state index in [9.17, 15) is 9.59 Å². The molecule has 1 amide bonds. The first-order valence-corrected chi connectivity index (χ1v) is 12.1. The number of hydrogen-bond acceptors (Lipinski definition) is 4. The minimum absolute atomic E-state index is 0.0388. The lowest BCUT2D eigenvalue weighted by atomic mass is 10.1. The number of nitrogens with one attached hydrogen (secondary N) is 1. The summed E-state index contributed by atoms with van der Waals surface area (Å²) < 4.78 is 1.74. The van der Waals surface area contributed by atoms with Crippen LogP contribution in [0.15, 0.2) is 82.7 Å². The van der Waals surface area contributed by atoms with E-state index in [-0.39, 0.29) is 11.5 Å². The molecule has 4 aromatic rings. The number of fused-ring (bicyclic) bond motifs is 1. The molecular formula is C27H25N3O2S. The molecule has 1 aromatic heterocycles. The van der Waals surface area contributed by atoms with Crippen molar-refractivity contribution in [2.75, 3.05) is 0 Å². The van der Waals surface area contributed by atoms with Crippen molar-refractivity contribution in [3.8, 4) is 0 Å². The summed E-state index contributed by atoms with van der Waals surface area (Å²) >= 11 is 1.57. The van der Waals surface area contributed by atoms with Gasteiger partial charge in [0.05, 0.1) is 17.4 Å². The highest BCUT2D eigenvalue weighted by atomic mass is 32.2. The van der Waals surface area contributed by atoms with Crippen molar-refractivity contribution in [1.82, 2.24) is 14.9 Å². The van der Waals surface area contributed by atoms with Gasteiger partial charge in [-0.2, -0.15) is 0 Å². The molecule has 0 spiro atoms. The van der Waals surface area contributed by atoms with Gasteiger partial charge in [0.1, 0.15) is 0 Å². The number of nitrogens with zero attached hydrogens (tertiary/aromatic N) is 2. The van der Waals surface area contributed by atoms with E-state index >= 15 is 0 Å². The predicted octanol–water partition coefficient (Wildman–Crippen LogP) is 4.94. The first-order valence-electron chi connectivity index (χ1n) is 11.2. The van der Waals surface area contributed by atoms with Gasteiger partial charge in [-0.15, -0.1) is 0 Å². The Morgan fingerprint density at radius 3 is 2.52 bits per heavy atom. The maximum atomic E-state index is 13.4. The van der Waals surface area contributed by atoms with E-state index in [0.717, 1.165) is 24.2 Å². The van der Waals surface area contributed by atoms with Crippen molar-refractivity contribution in [1.29, 1.82) is 0 Å². The Morgan fingerprint density at radius 2 is 1.76 bits per heavy atom. The van der Waals surface area contributed by atoms with Crippen molar-refractivity contribution in [3.63, 3.8) is 0 Å². The largest absolute Gasteiger partial charge is 0.349 e. The van der Waals surface area contributed by atoms with E-state index in [1.165, 1.54) is 11.1 Å². The zero-order valence-corrected chi connectivity index (χ0v) is 19.3. The van der Waals surface area contributed by atoms with Crippen LogP contribution in [0.3, 0.4) is 0 Å². The number of benzene rings is 3. The molecule has 6 heteroatoms. The molecule has 0 bridgehead atoms. The first-order chi connectivity index (χ1) is 16.1. The lowest BCUT2D eigenvalue weighted by Gasteiger charge is -2.14. The smallest absolute Gasteiger partial charge is 0.262 e. The van der Waals surface area contributed by atoms with Crippen molar-refractivity contribution >= 4 is 28.6 Å². The van der Waals surface area contributed by atoms with Gasteiger partial charge in [-0.25, -0.2) is 4.98 Å². The molecule has 166 valence electrons. The van der Waals surface area contributed by atoms with Crippen LogP contribution in [0.4, 0.5) is 0 Å². The summed E-state index contributed by atoms with van der Waals surface area (Å²) in [4.78, 5) is 30.5. The molecular weight excluding hydrogens is 430 g/mol. The fourth-order valence-corrected chi connectivity index (χ4v) is 4.83. The van der Waals surface area contributed by atoms with E-state index in [1.807, 2.05) is 60.7 Å². The summed E-state index contributed by atoms with van der Waals surface area (Å²) in [5, 5.41) is 4.31. The van der Waals surface area contributed by atoms with E-state index in [4.69, 9.17) is 4.98 Å². The normalized spacial score (nSPS) is 13.2. The van der Waals surface area contributed by atoms with Gasteiger partial charge in [0.15, 0.2) is 5.16 Å². The zero-order valence-electron chi connectivity index (χ0n) is 18.5. The molecule has 1 fully saturated rings. The molecule has 0 unspecified atom stereocenters. The lowest BCUT2D eigenvalue weighted by Crippen LogP contribution is -2.25. The van der Waals surface area contributed by atoms with E-state index in [1.54, 1.807) is 16.3 Å². The molecule has 0 atom stereocenters. The quantitative estimate of drug-likeness (QED) is 0.317. The van der Waals surface area contributed by atoms with E-state index in [0.29, 0.717) is 34.2 Å². The minimum Gasteiger partial charge on any atom is -0.349 e. The Balaban J connectivity index is 1.44. The summed E-state index contributed by atoms with van der Waals surface area (Å²) in [6, 6.07) is 23.5. The van der Waals surface area contributed by atoms with E-state index in [2.05, 4.69) is 24.4 Å². The predicted molar refractivity (Wildman–Crippen MR) is 133 cm³/mol. The second-order valence-corrected chi connectivity index (χ2v) is 9.41. The fourth-order valence-electron chi connectivity index (χ4n) is 3.75. The van der Waals surface area contributed by atoms with Crippen molar-refractivity contribution in [2.24, 2.45) is 0 Å². The molecule has 0 radical (unpaired) electrons. The van der Waals surface area contributed by atoms with Gasteiger partial charge in [0.25, 0.3) is 11.5 Å². The summed E-state index contributed by atoms with van der Waals surface area (Å²) in [5.74, 6) is 0.695. The number of thioether (sulfide) groups is 1. The molecule has 5 rings (SSSR count). The Kier molecular flexibility index (Phi) is 6.01. The number of carbonyl (C=O) groups is 1. The van der Waals surface area contributed by atoms with Crippen molar-refractivity contribution in [2.45, 2.75) is 43.3 Å². The van der Waals surface area contributed by atoms with Crippen LogP contribution in [0.2, 0.25) is 0 Å². The standard InChI is InChI=1S/C27H25N3O2S/c1-18-6-2-3-7-21(18)17-33-27-29-24-9-5-4-8-23(24)26(32)30(27)16-19-10-12-20(13-11-19)25(31)28-22-14-15-22/h2-13,22H,14-17H2,1H3,(H,28,31). The summed E-state index contributed by atoms with van der Waals surface area (Å²) in [6.45, 7) is 2.50. The average Bonchev–Trinajstić information content (AvgIpc) is 3.65. The third kappa shape index (κ3) is 4.86. The molecule has 1 aliphatic carbocycles. The van der Waals surface area contributed by atoms with Crippen LogP contribution < -0.4 is 10.9 Å². The molecule has 3 aromatic carbocycles. The zero-order chi connectivity index (χ0) is 22.8. The van der Waals surface area contributed by atoms with Gasteiger partial charge < -0.3 is 5.32 Å². The van der Waals surface area contributed by atoms with Gasteiger partial charge in [0, 0.05) is 17.4 Å². The van der Waals surface area contributed by atoms with Crippen LogP contribution in [-0.4, -0.2) is 21.5 Å². The number of hydrogen-bond donors (Lipinski definition) is 1. The monoisotopic (exact) mass is 455 g/mol. The molecule has 1 aliphatic rings. The molecule has 33 heavy (non-hydrogen) atoms. The fraction of sp³-hybridized carbons (Fsp3) is 0.222. The average molecular weight is 456 g/mol. The third-order valence-electron chi connectivity index (χ3n) is 5.91. The SMILES string of the molecule is Cc1ccccc1CSc1nc2ccccc2c(=O)n1Cc1ccc(C(=O)NC2CC2)cc1. The van der Waals surface area contributed by atoms with Gasteiger partial charge in [-0.3, -0.25) is 14.2 Å². The third-order valence-corrected chi connectivity index (χ3v) is 6.94. The first kappa shape index (κ1) is 21.5. The second kappa shape index (κ2) is 9.24. The Hall–Kier alpha value is -3.38. The summed E-state index contributed by atoms with van der Waals surface area (Å²) in [6.07, 6.45) is 2.12. The molecule has 1 saturated carbocycles. The summed E-state index contributed by atoms with van der Waals surface area (Å²) in [5.41, 5.74) is 4.70. The Morgan fingerprint density at radius 1 is 1.03 bits per heavy atom. The molecule has 0 saturated heterocycles. The topological polar surface area (TPSA) is 64.0 Å². The van der Waals surface area contributed by atoms with Crippen molar-refractivity contribution < 1.29 is 4.79 Å². The van der Waals surface area contributed by atoms with Crippen LogP contribution in [0.25, 0.3) is 10.9 Å². The second-order valence-electron chi connectivity index (χ2n) is 8.46. The number of aryl methyl sites for hydroxylation is 1. The highest BCUT2D eigenvalue weighted by Gasteiger charge is 2.23. The van der Waals surface area contributed by atoms with Crippen LogP contribution in [0, 0.1) is 6.92 Å². The van der Waals surface area contributed by atoms with Gasteiger partial charge in [-0.05, 0) is 60.7 Å². The molecule has 1 N–H and O–H groups in total. The number of carbonyl (C=O) groups excluding carboxylic acids is 1. The maximum Gasteiger partial charge on any atom is 0.262 e. The number of amides is 1. The lowest BCUT2D eigenvalue weighted by molar-refractivity contribution is 0.0951. The molecule has 0 aliphatic heterocycles. The minimum atomic E-state index is -0.0524. The number of rotatable bonds is 7. The van der Waals surface area contributed by atoms with Gasteiger partial charge in [0.2, 0.25) is 0 Å². The van der Waals surface area contributed by atoms with Crippen LogP contribution in [-0.2, 0) is 12.3 Å². The van der Waals surface area contributed by atoms with Crippen LogP contribution >= 0.6 is 11.8 Å². The van der Waals surface area contributed by atoms with E-state index < -0.39 is 0 Å². The molecule has 1 heterocycles. The Bertz CT molecular complexity index is 1370. The van der Waals surface area contributed by atoms with Gasteiger partial charge >= 0.3 is 0 Å². The molecule has 5 nitrogen and oxygen atoms in total. The highest BCUT2D eigenvalue weighted by Crippen LogP contribution is 2.24. The maximum absolute atomic E-state index is 13.4. The van der Waals surface area contributed by atoms with Crippen LogP contribution in [0.1, 0.15) is 39.9 Å². The van der Waals surface area contributed by atoms with Crippen molar-refractivity contribution in [3.05, 3.63) is 105 Å². The number of para-hydroxylation sites is 1.